The van der Waals surface area contributed by atoms with Crippen molar-refractivity contribution < 1.29 is 14.3 Å². The van der Waals surface area contributed by atoms with E-state index in [0.29, 0.717) is 18.2 Å². The molecule has 0 heterocycles. The highest BCUT2D eigenvalue weighted by Gasteiger charge is 2.24. The van der Waals surface area contributed by atoms with Gasteiger partial charge < -0.3 is 14.8 Å². The van der Waals surface area contributed by atoms with E-state index in [1.807, 2.05) is 6.08 Å². The van der Waals surface area contributed by atoms with Crippen LogP contribution in [0.3, 0.4) is 0 Å². The minimum atomic E-state index is 0.152. The first kappa shape index (κ1) is 20.3. The maximum atomic E-state index is 12.5. The molecule has 0 spiro atoms. The van der Waals surface area contributed by atoms with Crippen LogP contribution < -0.4 is 14.8 Å². The highest BCUT2D eigenvalue weighted by molar-refractivity contribution is 5.78. The van der Waals surface area contributed by atoms with Crippen molar-refractivity contribution in [3.8, 4) is 11.5 Å². The van der Waals surface area contributed by atoms with Gasteiger partial charge in [-0.2, -0.15) is 0 Å². The molecular formula is C22H33NO3. The topological polar surface area (TPSA) is 47.6 Å². The second-order valence-corrected chi connectivity index (χ2v) is 7.38. The Morgan fingerprint density at radius 2 is 1.85 bits per heavy atom. The van der Waals surface area contributed by atoms with Crippen LogP contribution >= 0.6 is 0 Å². The summed E-state index contributed by atoms with van der Waals surface area (Å²) in [5.74, 6) is 2.10. The summed E-state index contributed by atoms with van der Waals surface area (Å²) >= 11 is 0. The maximum Gasteiger partial charge on any atom is 0.223 e. The van der Waals surface area contributed by atoms with Crippen molar-refractivity contribution in [1.29, 1.82) is 0 Å². The zero-order chi connectivity index (χ0) is 19.1. The largest absolute Gasteiger partial charge is 0.493 e. The van der Waals surface area contributed by atoms with E-state index in [-0.39, 0.29) is 11.8 Å². The van der Waals surface area contributed by atoms with Gasteiger partial charge in [-0.25, -0.2) is 0 Å². The fourth-order valence-corrected chi connectivity index (χ4v) is 3.97. The minimum absolute atomic E-state index is 0.152. The Morgan fingerprint density at radius 3 is 2.38 bits per heavy atom. The number of hydrogen-bond acceptors (Lipinski definition) is 3. The molecule has 144 valence electrons. The van der Waals surface area contributed by atoms with Crippen molar-refractivity contribution in [1.82, 2.24) is 5.32 Å². The Kier molecular flexibility index (Phi) is 7.55. The second kappa shape index (κ2) is 9.65. The predicted molar refractivity (Wildman–Crippen MR) is 106 cm³/mol. The zero-order valence-electron chi connectivity index (χ0n) is 16.7. The van der Waals surface area contributed by atoms with Crippen molar-refractivity contribution in [2.75, 3.05) is 14.2 Å². The Hall–Kier alpha value is -1.97. The standard InChI is InChI=1S/C22H33NO3/c1-6-10-17-13-18(14-23-22(24)16-11-8-7-9-12-16)20(25-4)21(26-5)19(17)15(2)3/h6,13,15-16H,1,7-12,14H2,2-5H3,(H,23,24). The molecule has 1 saturated carbocycles. The SMILES string of the molecule is C=CCc1cc(CNC(=O)C2CCCCC2)c(OC)c(OC)c1C(C)C. The van der Waals surface area contributed by atoms with Crippen LogP contribution in [-0.4, -0.2) is 20.1 Å². The van der Waals surface area contributed by atoms with Gasteiger partial charge in [-0.05, 0) is 36.8 Å². The molecule has 4 heteroatoms. The number of ether oxygens (including phenoxy) is 2. The molecule has 1 N–H and O–H groups in total. The van der Waals surface area contributed by atoms with Gasteiger partial charge in [0.25, 0.3) is 0 Å². The number of carbonyl (C=O) groups excluding carboxylic acids is 1. The third kappa shape index (κ3) is 4.60. The Morgan fingerprint density at radius 1 is 1.19 bits per heavy atom. The number of methoxy groups -OCH3 is 2. The first-order valence-corrected chi connectivity index (χ1v) is 9.68. The molecule has 0 bridgehead atoms. The fraction of sp³-hybridized carbons (Fsp3) is 0.591. The van der Waals surface area contributed by atoms with E-state index in [0.717, 1.165) is 49.0 Å². The summed E-state index contributed by atoms with van der Waals surface area (Å²) in [6.45, 7) is 8.63. The molecule has 0 aromatic heterocycles. The van der Waals surface area contributed by atoms with Crippen LogP contribution in [0, 0.1) is 5.92 Å². The number of hydrogen-bond donors (Lipinski definition) is 1. The van der Waals surface area contributed by atoms with Gasteiger partial charge in [0.15, 0.2) is 11.5 Å². The lowest BCUT2D eigenvalue weighted by Gasteiger charge is -2.24. The van der Waals surface area contributed by atoms with Gasteiger partial charge in [-0.15, -0.1) is 6.58 Å². The second-order valence-electron chi connectivity index (χ2n) is 7.38. The van der Waals surface area contributed by atoms with Crippen LogP contribution in [0.5, 0.6) is 11.5 Å². The smallest absolute Gasteiger partial charge is 0.223 e. The van der Waals surface area contributed by atoms with Crippen LogP contribution in [0.4, 0.5) is 0 Å². The van der Waals surface area contributed by atoms with Gasteiger partial charge in [0, 0.05) is 23.6 Å². The Labute approximate surface area is 158 Å². The molecule has 4 nitrogen and oxygen atoms in total. The number of allylic oxidation sites excluding steroid dienone is 1. The van der Waals surface area contributed by atoms with E-state index in [1.54, 1.807) is 14.2 Å². The molecule has 26 heavy (non-hydrogen) atoms. The lowest BCUT2D eigenvalue weighted by Crippen LogP contribution is -2.31. The maximum absolute atomic E-state index is 12.5. The molecule has 1 aromatic rings. The molecule has 0 aliphatic heterocycles. The lowest BCUT2D eigenvalue weighted by atomic mass is 9.88. The van der Waals surface area contributed by atoms with Crippen LogP contribution in [0.2, 0.25) is 0 Å². The van der Waals surface area contributed by atoms with E-state index in [1.165, 1.54) is 12.0 Å². The van der Waals surface area contributed by atoms with Crippen molar-refractivity contribution in [3.05, 3.63) is 35.4 Å². The minimum Gasteiger partial charge on any atom is -0.493 e. The van der Waals surface area contributed by atoms with Gasteiger partial charge in [0.2, 0.25) is 5.91 Å². The van der Waals surface area contributed by atoms with Gasteiger partial charge in [0.05, 0.1) is 14.2 Å². The van der Waals surface area contributed by atoms with Gasteiger partial charge in [0.1, 0.15) is 0 Å². The molecule has 2 rings (SSSR count). The number of amides is 1. The molecule has 1 aromatic carbocycles. The first-order valence-electron chi connectivity index (χ1n) is 9.68. The van der Waals surface area contributed by atoms with Crippen molar-refractivity contribution >= 4 is 5.91 Å². The summed E-state index contributed by atoms with van der Waals surface area (Å²) in [6, 6.07) is 2.12. The van der Waals surface area contributed by atoms with Crippen molar-refractivity contribution in [3.63, 3.8) is 0 Å². The average molecular weight is 360 g/mol. The molecule has 1 aliphatic carbocycles. The number of benzene rings is 1. The quantitative estimate of drug-likeness (QED) is 0.681. The van der Waals surface area contributed by atoms with E-state index >= 15 is 0 Å². The highest BCUT2D eigenvalue weighted by Crippen LogP contribution is 2.41. The summed E-state index contributed by atoms with van der Waals surface area (Å²) in [4.78, 5) is 12.5. The van der Waals surface area contributed by atoms with Crippen LogP contribution in [0.25, 0.3) is 0 Å². The van der Waals surface area contributed by atoms with E-state index in [9.17, 15) is 4.79 Å². The molecule has 0 atom stereocenters. The Bertz CT molecular complexity index is 631. The number of nitrogens with one attached hydrogen (secondary N) is 1. The third-order valence-corrected chi connectivity index (χ3v) is 5.22. The normalized spacial score (nSPS) is 15.0. The molecular weight excluding hydrogens is 326 g/mol. The number of carbonyl (C=O) groups is 1. The van der Waals surface area contributed by atoms with E-state index < -0.39 is 0 Å². The van der Waals surface area contributed by atoms with E-state index in [2.05, 4.69) is 31.8 Å². The Balaban J connectivity index is 2.29. The predicted octanol–water partition coefficient (Wildman–Crippen LogP) is 4.75. The van der Waals surface area contributed by atoms with Crippen molar-refractivity contribution in [2.24, 2.45) is 5.92 Å². The average Bonchev–Trinajstić information content (AvgIpc) is 2.65. The molecule has 0 saturated heterocycles. The summed E-state index contributed by atoms with van der Waals surface area (Å²) < 4.78 is 11.4. The highest BCUT2D eigenvalue weighted by atomic mass is 16.5. The molecule has 0 radical (unpaired) electrons. The van der Waals surface area contributed by atoms with E-state index in [4.69, 9.17) is 9.47 Å². The summed E-state index contributed by atoms with van der Waals surface area (Å²) in [5, 5.41) is 3.11. The van der Waals surface area contributed by atoms with Crippen LogP contribution in [0.1, 0.15) is 68.6 Å². The molecule has 0 unspecified atom stereocenters. The lowest BCUT2D eigenvalue weighted by molar-refractivity contribution is -0.126. The molecule has 1 amide bonds. The monoisotopic (exact) mass is 359 g/mol. The summed E-state index contributed by atoms with van der Waals surface area (Å²) in [5.41, 5.74) is 3.27. The number of rotatable bonds is 8. The van der Waals surface area contributed by atoms with Crippen molar-refractivity contribution in [2.45, 2.75) is 64.8 Å². The fourth-order valence-electron chi connectivity index (χ4n) is 3.97. The first-order chi connectivity index (χ1) is 12.5. The van der Waals surface area contributed by atoms with Gasteiger partial charge in [-0.3, -0.25) is 4.79 Å². The summed E-state index contributed by atoms with van der Waals surface area (Å²) in [7, 11) is 3.33. The van der Waals surface area contributed by atoms with Crippen LogP contribution in [-0.2, 0) is 17.8 Å². The third-order valence-electron chi connectivity index (χ3n) is 5.22. The zero-order valence-corrected chi connectivity index (χ0v) is 16.7. The summed E-state index contributed by atoms with van der Waals surface area (Å²) in [6.07, 6.45) is 8.22. The van der Waals surface area contributed by atoms with Crippen LogP contribution in [0.15, 0.2) is 18.7 Å². The van der Waals surface area contributed by atoms with Gasteiger partial charge >= 0.3 is 0 Å². The molecule has 1 fully saturated rings. The molecule has 1 aliphatic rings. The van der Waals surface area contributed by atoms with Gasteiger partial charge in [-0.1, -0.05) is 39.2 Å².